The molecule has 0 bridgehead atoms. The lowest BCUT2D eigenvalue weighted by atomic mass is 10.0. The molecule has 1 unspecified atom stereocenters. The number of aryl methyl sites for hydroxylation is 1. The fourth-order valence-corrected chi connectivity index (χ4v) is 1.80. The van der Waals surface area contributed by atoms with Crippen molar-refractivity contribution in [1.82, 2.24) is 9.55 Å². The number of rotatable bonds is 3. The van der Waals surface area contributed by atoms with E-state index in [1.54, 1.807) is 24.0 Å². The molecule has 0 aliphatic rings. The van der Waals surface area contributed by atoms with E-state index in [9.17, 15) is 13.2 Å². The number of aromatic nitrogens is 2. The molecule has 2 aromatic rings. The zero-order valence-electron chi connectivity index (χ0n) is 9.70. The van der Waals surface area contributed by atoms with E-state index < -0.39 is 23.5 Å². The molecular formula is C12H12F3N3. The average molecular weight is 255 g/mol. The zero-order valence-corrected chi connectivity index (χ0v) is 9.70. The van der Waals surface area contributed by atoms with Crippen molar-refractivity contribution in [2.24, 2.45) is 12.8 Å². The molecule has 1 atom stereocenters. The van der Waals surface area contributed by atoms with E-state index in [2.05, 4.69) is 4.98 Å². The Hall–Kier alpha value is -1.82. The maximum atomic E-state index is 13.5. The van der Waals surface area contributed by atoms with Crippen molar-refractivity contribution in [3.8, 4) is 0 Å². The first-order chi connectivity index (χ1) is 8.49. The number of hydrogen-bond acceptors (Lipinski definition) is 2. The molecule has 2 rings (SSSR count). The molecule has 0 aliphatic heterocycles. The van der Waals surface area contributed by atoms with Gasteiger partial charge < -0.3 is 10.3 Å². The second-order valence-corrected chi connectivity index (χ2v) is 4.05. The highest BCUT2D eigenvalue weighted by Crippen LogP contribution is 2.22. The summed E-state index contributed by atoms with van der Waals surface area (Å²) in [5.74, 6) is -2.31. The van der Waals surface area contributed by atoms with Gasteiger partial charge in [-0.1, -0.05) is 0 Å². The van der Waals surface area contributed by atoms with Gasteiger partial charge in [-0.25, -0.2) is 18.2 Å². The van der Waals surface area contributed by atoms with Crippen LogP contribution in [0.2, 0.25) is 0 Å². The van der Waals surface area contributed by atoms with E-state index in [-0.39, 0.29) is 12.0 Å². The minimum Gasteiger partial charge on any atom is -0.338 e. The molecule has 0 saturated carbocycles. The number of imidazole rings is 1. The standard InChI is InChI=1S/C12H12F3N3/c1-18-3-2-17-11(18)6-10(16)12-8(14)4-7(13)5-9(12)15/h2-5,10H,6,16H2,1H3. The topological polar surface area (TPSA) is 43.8 Å². The van der Waals surface area contributed by atoms with Gasteiger partial charge in [0.15, 0.2) is 0 Å². The molecule has 0 spiro atoms. The van der Waals surface area contributed by atoms with Crippen LogP contribution in [-0.4, -0.2) is 9.55 Å². The van der Waals surface area contributed by atoms with Crippen LogP contribution >= 0.6 is 0 Å². The first-order valence-corrected chi connectivity index (χ1v) is 5.35. The summed E-state index contributed by atoms with van der Waals surface area (Å²) in [5, 5.41) is 0. The van der Waals surface area contributed by atoms with Gasteiger partial charge in [-0.05, 0) is 0 Å². The number of benzene rings is 1. The highest BCUT2D eigenvalue weighted by molar-refractivity contribution is 5.24. The SMILES string of the molecule is Cn1ccnc1CC(N)c1c(F)cc(F)cc1F. The fourth-order valence-electron chi connectivity index (χ4n) is 1.80. The van der Waals surface area contributed by atoms with Gasteiger partial charge in [-0.15, -0.1) is 0 Å². The van der Waals surface area contributed by atoms with Crippen LogP contribution in [0.25, 0.3) is 0 Å². The molecule has 0 radical (unpaired) electrons. The summed E-state index contributed by atoms with van der Waals surface area (Å²) in [6.45, 7) is 0. The van der Waals surface area contributed by atoms with E-state index in [0.717, 1.165) is 0 Å². The van der Waals surface area contributed by atoms with E-state index in [0.29, 0.717) is 18.0 Å². The molecule has 0 saturated heterocycles. The summed E-state index contributed by atoms with van der Waals surface area (Å²) in [7, 11) is 1.76. The second kappa shape index (κ2) is 4.81. The fraction of sp³-hybridized carbons (Fsp3) is 0.250. The molecule has 1 aromatic heterocycles. The van der Waals surface area contributed by atoms with Gasteiger partial charge in [0, 0.05) is 49.6 Å². The Morgan fingerprint density at radius 3 is 2.39 bits per heavy atom. The van der Waals surface area contributed by atoms with Crippen LogP contribution in [0, 0.1) is 17.5 Å². The third kappa shape index (κ3) is 2.38. The van der Waals surface area contributed by atoms with Crippen LogP contribution in [0.4, 0.5) is 13.2 Å². The molecule has 96 valence electrons. The molecule has 0 fully saturated rings. The third-order valence-electron chi connectivity index (χ3n) is 2.74. The molecular weight excluding hydrogens is 243 g/mol. The van der Waals surface area contributed by atoms with Gasteiger partial charge in [0.1, 0.15) is 23.3 Å². The van der Waals surface area contributed by atoms with Gasteiger partial charge in [-0.2, -0.15) is 0 Å². The van der Waals surface area contributed by atoms with Crippen LogP contribution in [0.5, 0.6) is 0 Å². The number of nitrogens with zero attached hydrogens (tertiary/aromatic N) is 2. The summed E-state index contributed by atoms with van der Waals surface area (Å²) >= 11 is 0. The Balaban J connectivity index is 2.29. The zero-order chi connectivity index (χ0) is 13.3. The van der Waals surface area contributed by atoms with Gasteiger partial charge in [0.25, 0.3) is 0 Å². The average Bonchev–Trinajstić information content (AvgIpc) is 2.62. The van der Waals surface area contributed by atoms with Crippen molar-refractivity contribution in [1.29, 1.82) is 0 Å². The molecule has 0 amide bonds. The first kappa shape index (κ1) is 12.6. The lowest BCUT2D eigenvalue weighted by Gasteiger charge is -2.13. The van der Waals surface area contributed by atoms with E-state index in [4.69, 9.17) is 5.73 Å². The molecule has 1 aromatic carbocycles. The van der Waals surface area contributed by atoms with E-state index in [1.807, 2.05) is 0 Å². The first-order valence-electron chi connectivity index (χ1n) is 5.35. The van der Waals surface area contributed by atoms with Crippen molar-refractivity contribution < 1.29 is 13.2 Å². The lowest BCUT2D eigenvalue weighted by molar-refractivity contribution is 0.497. The highest BCUT2D eigenvalue weighted by Gasteiger charge is 2.19. The summed E-state index contributed by atoms with van der Waals surface area (Å²) in [6, 6.07) is 0.333. The quantitative estimate of drug-likeness (QED) is 0.912. The summed E-state index contributed by atoms with van der Waals surface area (Å²) in [4.78, 5) is 4.02. The van der Waals surface area contributed by atoms with Gasteiger partial charge in [0.2, 0.25) is 0 Å². The molecule has 18 heavy (non-hydrogen) atoms. The minimum absolute atomic E-state index is 0.170. The van der Waals surface area contributed by atoms with Crippen molar-refractivity contribution in [3.63, 3.8) is 0 Å². The Bertz CT molecular complexity index is 542. The van der Waals surface area contributed by atoms with E-state index in [1.165, 1.54) is 0 Å². The molecule has 3 nitrogen and oxygen atoms in total. The van der Waals surface area contributed by atoms with Crippen molar-refractivity contribution >= 4 is 0 Å². The summed E-state index contributed by atoms with van der Waals surface area (Å²) < 4.78 is 41.5. The van der Waals surface area contributed by atoms with E-state index >= 15 is 0 Å². The molecule has 2 N–H and O–H groups in total. The number of halogens is 3. The van der Waals surface area contributed by atoms with Crippen molar-refractivity contribution in [2.45, 2.75) is 12.5 Å². The van der Waals surface area contributed by atoms with Crippen LogP contribution < -0.4 is 5.73 Å². The smallest absolute Gasteiger partial charge is 0.133 e. The highest BCUT2D eigenvalue weighted by atomic mass is 19.1. The lowest BCUT2D eigenvalue weighted by Crippen LogP contribution is -2.19. The normalized spacial score (nSPS) is 12.7. The monoisotopic (exact) mass is 255 g/mol. The third-order valence-corrected chi connectivity index (χ3v) is 2.74. The summed E-state index contributed by atoms with van der Waals surface area (Å²) in [6.07, 6.45) is 3.45. The van der Waals surface area contributed by atoms with Crippen molar-refractivity contribution in [2.75, 3.05) is 0 Å². The van der Waals surface area contributed by atoms with Crippen LogP contribution in [0.1, 0.15) is 17.4 Å². The molecule has 1 heterocycles. The van der Waals surface area contributed by atoms with Crippen molar-refractivity contribution in [3.05, 3.63) is 53.4 Å². The number of hydrogen-bond donors (Lipinski definition) is 1. The predicted octanol–water partition coefficient (Wildman–Crippen LogP) is 2.08. The maximum Gasteiger partial charge on any atom is 0.133 e. The Labute approximate surface area is 102 Å². The maximum absolute atomic E-state index is 13.5. The Morgan fingerprint density at radius 2 is 1.89 bits per heavy atom. The van der Waals surface area contributed by atoms with Gasteiger partial charge >= 0.3 is 0 Å². The minimum atomic E-state index is -0.978. The van der Waals surface area contributed by atoms with Gasteiger partial charge in [0.05, 0.1) is 0 Å². The predicted molar refractivity (Wildman–Crippen MR) is 60.2 cm³/mol. The summed E-state index contributed by atoms with van der Waals surface area (Å²) in [5.41, 5.74) is 5.43. The van der Waals surface area contributed by atoms with Gasteiger partial charge in [-0.3, -0.25) is 0 Å². The van der Waals surface area contributed by atoms with Crippen LogP contribution in [0.15, 0.2) is 24.5 Å². The van der Waals surface area contributed by atoms with Crippen LogP contribution in [-0.2, 0) is 13.5 Å². The second-order valence-electron chi connectivity index (χ2n) is 4.05. The number of nitrogens with two attached hydrogens (primary N) is 1. The Kier molecular flexibility index (Phi) is 3.38. The largest absolute Gasteiger partial charge is 0.338 e. The molecule has 0 aliphatic carbocycles. The molecule has 6 heteroatoms. The Morgan fingerprint density at radius 1 is 1.28 bits per heavy atom. The van der Waals surface area contributed by atoms with Crippen LogP contribution in [0.3, 0.4) is 0 Å².